The van der Waals surface area contributed by atoms with Crippen molar-refractivity contribution in [2.24, 2.45) is 5.73 Å². The first-order valence-corrected chi connectivity index (χ1v) is 7.00. The van der Waals surface area contributed by atoms with Crippen LogP contribution in [0.1, 0.15) is 29.7 Å². The van der Waals surface area contributed by atoms with E-state index in [9.17, 15) is 8.78 Å². The van der Waals surface area contributed by atoms with Gasteiger partial charge in [-0.05, 0) is 29.8 Å². The molecule has 0 saturated carbocycles. The van der Waals surface area contributed by atoms with E-state index in [4.69, 9.17) is 10.5 Å². The Balaban J connectivity index is 1.96. The molecule has 2 nitrogen and oxygen atoms in total. The molecule has 0 bridgehead atoms. The van der Waals surface area contributed by atoms with Gasteiger partial charge in [-0.3, -0.25) is 0 Å². The Labute approximate surface area is 123 Å². The van der Waals surface area contributed by atoms with Gasteiger partial charge >= 0.3 is 0 Å². The van der Waals surface area contributed by atoms with Gasteiger partial charge in [-0.25, -0.2) is 8.78 Å². The van der Waals surface area contributed by atoms with E-state index in [1.807, 2.05) is 18.2 Å². The van der Waals surface area contributed by atoms with Gasteiger partial charge in [0.15, 0.2) is 11.6 Å². The first-order chi connectivity index (χ1) is 9.54. The van der Waals surface area contributed by atoms with Crippen LogP contribution in [0.15, 0.2) is 40.9 Å². The number of hydrogen-bond donors (Lipinski definition) is 1. The largest absolute Gasteiger partial charge is 0.485 e. The molecule has 0 saturated heterocycles. The van der Waals surface area contributed by atoms with Crippen molar-refractivity contribution in [2.45, 2.75) is 18.6 Å². The number of ether oxygens (including phenoxy) is 1. The van der Waals surface area contributed by atoms with Crippen LogP contribution in [-0.4, -0.2) is 0 Å². The molecule has 1 heterocycles. The van der Waals surface area contributed by atoms with Gasteiger partial charge in [-0.15, -0.1) is 0 Å². The molecule has 0 amide bonds. The van der Waals surface area contributed by atoms with Crippen LogP contribution in [0.3, 0.4) is 0 Å². The van der Waals surface area contributed by atoms with Gasteiger partial charge < -0.3 is 10.5 Å². The zero-order valence-corrected chi connectivity index (χ0v) is 12.0. The molecule has 0 radical (unpaired) electrons. The average Bonchev–Trinajstić information content (AvgIpc) is 2.41. The SMILES string of the molecule is N[C@@H]1CC(c2ccc(F)c(F)c2)Oc2cc(Br)ccc21. The Hall–Kier alpha value is -1.46. The molecule has 20 heavy (non-hydrogen) atoms. The van der Waals surface area contributed by atoms with E-state index >= 15 is 0 Å². The van der Waals surface area contributed by atoms with Gasteiger partial charge in [0, 0.05) is 22.5 Å². The predicted molar refractivity (Wildman–Crippen MR) is 75.4 cm³/mol. The van der Waals surface area contributed by atoms with E-state index in [2.05, 4.69) is 15.9 Å². The number of halogens is 3. The molecule has 104 valence electrons. The quantitative estimate of drug-likeness (QED) is 0.842. The normalized spacial score (nSPS) is 21.2. The van der Waals surface area contributed by atoms with Crippen molar-refractivity contribution in [3.8, 4) is 5.75 Å². The lowest BCUT2D eigenvalue weighted by molar-refractivity contribution is 0.161. The van der Waals surface area contributed by atoms with Crippen molar-refractivity contribution >= 4 is 15.9 Å². The monoisotopic (exact) mass is 339 g/mol. The van der Waals surface area contributed by atoms with Crippen molar-refractivity contribution in [3.63, 3.8) is 0 Å². The van der Waals surface area contributed by atoms with Gasteiger partial charge in [0.2, 0.25) is 0 Å². The molecule has 0 aromatic heterocycles. The van der Waals surface area contributed by atoms with Crippen LogP contribution in [0.4, 0.5) is 8.78 Å². The van der Waals surface area contributed by atoms with Crippen molar-refractivity contribution in [2.75, 3.05) is 0 Å². The molecule has 1 unspecified atom stereocenters. The zero-order valence-electron chi connectivity index (χ0n) is 10.4. The number of nitrogens with two attached hydrogens (primary N) is 1. The smallest absolute Gasteiger partial charge is 0.159 e. The van der Waals surface area contributed by atoms with Crippen LogP contribution in [0.2, 0.25) is 0 Å². The number of benzene rings is 2. The van der Waals surface area contributed by atoms with E-state index in [1.54, 1.807) is 0 Å². The average molecular weight is 340 g/mol. The summed E-state index contributed by atoms with van der Waals surface area (Å²) in [7, 11) is 0. The van der Waals surface area contributed by atoms with Crippen LogP contribution in [0, 0.1) is 11.6 Å². The zero-order chi connectivity index (χ0) is 14.3. The summed E-state index contributed by atoms with van der Waals surface area (Å²) in [6, 6.07) is 9.25. The molecule has 0 fully saturated rings. The minimum absolute atomic E-state index is 0.190. The van der Waals surface area contributed by atoms with E-state index in [1.165, 1.54) is 6.07 Å². The molecule has 1 aliphatic heterocycles. The Kier molecular flexibility index (Phi) is 3.48. The maximum absolute atomic E-state index is 13.3. The van der Waals surface area contributed by atoms with Gasteiger partial charge in [0.05, 0.1) is 0 Å². The lowest BCUT2D eigenvalue weighted by atomic mass is 9.93. The fraction of sp³-hybridized carbons (Fsp3) is 0.200. The van der Waals surface area contributed by atoms with Crippen LogP contribution in [-0.2, 0) is 0 Å². The fourth-order valence-corrected chi connectivity index (χ4v) is 2.73. The highest BCUT2D eigenvalue weighted by atomic mass is 79.9. The molecular weight excluding hydrogens is 328 g/mol. The number of hydrogen-bond acceptors (Lipinski definition) is 2. The van der Waals surface area contributed by atoms with Crippen molar-refractivity contribution in [1.82, 2.24) is 0 Å². The lowest BCUT2D eigenvalue weighted by Gasteiger charge is -2.30. The summed E-state index contributed by atoms with van der Waals surface area (Å²) in [6.45, 7) is 0. The molecule has 1 aliphatic rings. The summed E-state index contributed by atoms with van der Waals surface area (Å²) in [6.07, 6.45) is 0.154. The minimum Gasteiger partial charge on any atom is -0.485 e. The van der Waals surface area contributed by atoms with Crippen molar-refractivity contribution < 1.29 is 13.5 Å². The fourth-order valence-electron chi connectivity index (χ4n) is 2.39. The molecule has 3 rings (SSSR count). The third kappa shape index (κ3) is 2.43. The number of rotatable bonds is 1. The van der Waals surface area contributed by atoms with E-state index in [0.717, 1.165) is 22.2 Å². The van der Waals surface area contributed by atoms with Gasteiger partial charge in [-0.2, -0.15) is 0 Å². The highest BCUT2D eigenvalue weighted by Crippen LogP contribution is 2.40. The van der Waals surface area contributed by atoms with Gasteiger partial charge in [0.25, 0.3) is 0 Å². The Morgan fingerprint density at radius 2 is 1.90 bits per heavy atom. The highest BCUT2D eigenvalue weighted by molar-refractivity contribution is 9.10. The Bertz CT molecular complexity index is 662. The van der Waals surface area contributed by atoms with Gasteiger partial charge in [0.1, 0.15) is 11.9 Å². The van der Waals surface area contributed by atoms with E-state index in [-0.39, 0.29) is 12.1 Å². The highest BCUT2D eigenvalue weighted by Gasteiger charge is 2.27. The summed E-state index contributed by atoms with van der Waals surface area (Å²) < 4.78 is 33.1. The van der Waals surface area contributed by atoms with E-state index in [0.29, 0.717) is 17.7 Å². The second-order valence-electron chi connectivity index (χ2n) is 4.80. The van der Waals surface area contributed by atoms with Crippen LogP contribution in [0.25, 0.3) is 0 Å². The lowest BCUT2D eigenvalue weighted by Crippen LogP contribution is -2.24. The molecule has 2 atom stereocenters. The first-order valence-electron chi connectivity index (χ1n) is 6.21. The van der Waals surface area contributed by atoms with Crippen molar-refractivity contribution in [3.05, 3.63) is 63.6 Å². The first kappa shape index (κ1) is 13.5. The molecule has 0 spiro atoms. The Morgan fingerprint density at radius 1 is 1.10 bits per heavy atom. The topological polar surface area (TPSA) is 35.2 Å². The van der Waals surface area contributed by atoms with Crippen LogP contribution < -0.4 is 10.5 Å². The van der Waals surface area contributed by atoms with Crippen LogP contribution >= 0.6 is 15.9 Å². The molecule has 2 aromatic rings. The Morgan fingerprint density at radius 3 is 2.65 bits per heavy atom. The molecule has 2 N–H and O–H groups in total. The van der Waals surface area contributed by atoms with E-state index < -0.39 is 11.6 Å². The molecule has 2 aromatic carbocycles. The minimum atomic E-state index is -0.875. The summed E-state index contributed by atoms with van der Waals surface area (Å²) >= 11 is 3.38. The molecule has 0 aliphatic carbocycles. The second kappa shape index (κ2) is 5.14. The summed E-state index contributed by atoms with van der Waals surface area (Å²) in [5, 5.41) is 0. The third-order valence-corrected chi connectivity index (χ3v) is 3.92. The summed E-state index contributed by atoms with van der Waals surface area (Å²) in [5.41, 5.74) is 7.64. The maximum Gasteiger partial charge on any atom is 0.159 e. The summed E-state index contributed by atoms with van der Waals surface area (Å²) in [4.78, 5) is 0. The predicted octanol–water partition coefficient (Wildman–Crippen LogP) is 4.25. The molecular formula is C15H12BrF2NO. The van der Waals surface area contributed by atoms with Gasteiger partial charge in [-0.1, -0.05) is 28.1 Å². The standard InChI is InChI=1S/C15H12BrF2NO/c16-9-2-3-10-13(19)7-14(20-15(10)6-9)8-1-4-11(17)12(18)5-8/h1-6,13-14H,7,19H2/t13-,14?/m1/s1. The van der Waals surface area contributed by atoms with Crippen LogP contribution in [0.5, 0.6) is 5.75 Å². The third-order valence-electron chi connectivity index (χ3n) is 3.43. The van der Waals surface area contributed by atoms with Crippen molar-refractivity contribution in [1.29, 1.82) is 0 Å². The second-order valence-corrected chi connectivity index (χ2v) is 5.72. The maximum atomic E-state index is 13.3. The number of fused-ring (bicyclic) bond motifs is 1. The summed E-state index contributed by atoms with van der Waals surface area (Å²) in [5.74, 6) is -1.07. The molecule has 5 heteroatoms.